The zero-order valence-corrected chi connectivity index (χ0v) is 8.11. The molecule has 0 spiro atoms. The van der Waals surface area contributed by atoms with Crippen LogP contribution in [0, 0.1) is 5.82 Å². The highest BCUT2D eigenvalue weighted by atomic mass is 19.1. The molecule has 0 bridgehead atoms. The largest absolute Gasteiger partial charge is 0.480 e. The van der Waals surface area contributed by atoms with E-state index >= 15 is 0 Å². The monoisotopic (exact) mass is 209 g/mol. The van der Waals surface area contributed by atoms with Crippen molar-refractivity contribution in [3.05, 3.63) is 35.6 Å². The first-order valence-corrected chi connectivity index (χ1v) is 4.90. The molecule has 1 heterocycles. The lowest BCUT2D eigenvalue weighted by Crippen LogP contribution is -2.34. The highest BCUT2D eigenvalue weighted by Gasteiger charge is 2.33. The van der Waals surface area contributed by atoms with Gasteiger partial charge in [0.1, 0.15) is 11.9 Å². The van der Waals surface area contributed by atoms with E-state index in [4.69, 9.17) is 5.11 Å². The first-order valence-electron chi connectivity index (χ1n) is 4.90. The van der Waals surface area contributed by atoms with Crippen LogP contribution in [-0.2, 0) is 4.79 Å². The van der Waals surface area contributed by atoms with Gasteiger partial charge < -0.3 is 10.4 Å². The molecule has 0 saturated carbocycles. The Balaban J connectivity index is 2.22. The van der Waals surface area contributed by atoms with Crippen LogP contribution in [0.25, 0.3) is 0 Å². The van der Waals surface area contributed by atoms with E-state index in [0.717, 1.165) is 12.0 Å². The zero-order chi connectivity index (χ0) is 10.8. The molecule has 1 aliphatic heterocycles. The maximum atomic E-state index is 12.7. The Morgan fingerprint density at radius 1 is 1.40 bits per heavy atom. The highest BCUT2D eigenvalue weighted by Crippen LogP contribution is 2.27. The van der Waals surface area contributed by atoms with Gasteiger partial charge in [0.05, 0.1) is 0 Å². The number of aliphatic carboxylic acids is 1. The number of halogens is 1. The van der Waals surface area contributed by atoms with E-state index in [1.54, 1.807) is 12.1 Å². The van der Waals surface area contributed by atoms with E-state index in [2.05, 4.69) is 5.32 Å². The Bertz CT molecular complexity index is 363. The van der Waals surface area contributed by atoms with Gasteiger partial charge in [-0.15, -0.1) is 0 Å². The highest BCUT2D eigenvalue weighted by molar-refractivity contribution is 5.75. The van der Waals surface area contributed by atoms with E-state index in [9.17, 15) is 9.18 Å². The molecule has 0 aliphatic carbocycles. The van der Waals surface area contributed by atoms with Gasteiger partial charge in [-0.25, -0.2) is 4.39 Å². The van der Waals surface area contributed by atoms with Gasteiger partial charge in [0.15, 0.2) is 0 Å². The molecule has 2 N–H and O–H groups in total. The molecule has 2 atom stereocenters. The van der Waals surface area contributed by atoms with E-state index < -0.39 is 12.0 Å². The quantitative estimate of drug-likeness (QED) is 0.773. The van der Waals surface area contributed by atoms with Gasteiger partial charge in [-0.1, -0.05) is 12.1 Å². The number of rotatable bonds is 2. The number of benzene rings is 1. The van der Waals surface area contributed by atoms with Crippen LogP contribution in [0.2, 0.25) is 0 Å². The predicted molar refractivity (Wildman–Crippen MR) is 53.2 cm³/mol. The van der Waals surface area contributed by atoms with Crippen molar-refractivity contribution in [3.8, 4) is 0 Å². The standard InChI is InChI=1S/C11H12FNO2/c12-8-3-1-7(2-4-8)9-5-6-13-10(9)11(14)15/h1-4,9-10,13H,5-6H2,(H,14,15)/t9-,10+/m1/s1. The molecule has 1 fully saturated rings. The summed E-state index contributed by atoms with van der Waals surface area (Å²) < 4.78 is 12.7. The summed E-state index contributed by atoms with van der Waals surface area (Å²) in [6.07, 6.45) is 0.780. The maximum absolute atomic E-state index is 12.7. The van der Waals surface area contributed by atoms with Crippen molar-refractivity contribution >= 4 is 5.97 Å². The van der Waals surface area contributed by atoms with Crippen molar-refractivity contribution in [1.29, 1.82) is 0 Å². The first kappa shape index (κ1) is 10.1. The maximum Gasteiger partial charge on any atom is 0.321 e. The fourth-order valence-corrected chi connectivity index (χ4v) is 2.03. The number of carboxylic acid groups (broad SMARTS) is 1. The Hall–Kier alpha value is -1.42. The van der Waals surface area contributed by atoms with Crippen LogP contribution in [0.3, 0.4) is 0 Å². The second-order valence-corrected chi connectivity index (χ2v) is 3.72. The molecule has 1 aromatic carbocycles. The van der Waals surface area contributed by atoms with Crippen LogP contribution >= 0.6 is 0 Å². The fourth-order valence-electron chi connectivity index (χ4n) is 2.03. The van der Waals surface area contributed by atoms with Gasteiger partial charge in [0.25, 0.3) is 0 Å². The molecular weight excluding hydrogens is 197 g/mol. The number of hydrogen-bond acceptors (Lipinski definition) is 2. The summed E-state index contributed by atoms with van der Waals surface area (Å²) in [5, 5.41) is 11.9. The minimum atomic E-state index is -0.846. The second kappa shape index (κ2) is 3.98. The van der Waals surface area contributed by atoms with Crippen molar-refractivity contribution in [1.82, 2.24) is 5.32 Å². The molecule has 2 rings (SSSR count). The number of carboxylic acids is 1. The van der Waals surface area contributed by atoms with Crippen molar-refractivity contribution < 1.29 is 14.3 Å². The van der Waals surface area contributed by atoms with Crippen LogP contribution < -0.4 is 5.32 Å². The number of nitrogens with one attached hydrogen (secondary N) is 1. The van der Waals surface area contributed by atoms with Crippen molar-refractivity contribution in [2.45, 2.75) is 18.4 Å². The third-order valence-electron chi connectivity index (χ3n) is 2.79. The smallest absolute Gasteiger partial charge is 0.321 e. The molecule has 4 heteroatoms. The lowest BCUT2D eigenvalue weighted by atomic mass is 9.92. The lowest BCUT2D eigenvalue weighted by Gasteiger charge is -2.15. The molecule has 0 aromatic heterocycles. The summed E-state index contributed by atoms with van der Waals surface area (Å²) in [6.45, 7) is 0.693. The summed E-state index contributed by atoms with van der Waals surface area (Å²) in [5.41, 5.74) is 0.883. The Morgan fingerprint density at radius 2 is 2.07 bits per heavy atom. The van der Waals surface area contributed by atoms with Gasteiger partial charge >= 0.3 is 5.97 Å². The van der Waals surface area contributed by atoms with Gasteiger partial charge in [-0.2, -0.15) is 0 Å². The summed E-state index contributed by atoms with van der Waals surface area (Å²) in [4.78, 5) is 10.9. The van der Waals surface area contributed by atoms with Crippen molar-refractivity contribution in [3.63, 3.8) is 0 Å². The average Bonchev–Trinajstić information content (AvgIpc) is 2.67. The van der Waals surface area contributed by atoms with Gasteiger partial charge in [-0.3, -0.25) is 4.79 Å². The SMILES string of the molecule is O=C(O)[C@H]1NCC[C@@H]1c1ccc(F)cc1. The molecule has 1 aliphatic rings. The van der Waals surface area contributed by atoms with Crippen LogP contribution in [0.1, 0.15) is 17.9 Å². The molecule has 1 aromatic rings. The van der Waals surface area contributed by atoms with Gasteiger partial charge in [0.2, 0.25) is 0 Å². The van der Waals surface area contributed by atoms with Gasteiger partial charge in [-0.05, 0) is 30.7 Å². The summed E-state index contributed by atoms with van der Waals surface area (Å²) in [5.74, 6) is -1.19. The number of carbonyl (C=O) groups is 1. The third kappa shape index (κ3) is 1.99. The molecule has 0 amide bonds. The Morgan fingerprint density at radius 3 is 2.67 bits per heavy atom. The summed E-state index contributed by atoms with van der Waals surface area (Å²) >= 11 is 0. The van der Waals surface area contributed by atoms with Crippen LogP contribution in [0.4, 0.5) is 4.39 Å². The fraction of sp³-hybridized carbons (Fsp3) is 0.364. The van der Waals surface area contributed by atoms with E-state index in [-0.39, 0.29) is 11.7 Å². The Kier molecular flexibility index (Phi) is 2.68. The Labute approximate surface area is 86.9 Å². The molecular formula is C11H12FNO2. The molecule has 80 valence electrons. The molecule has 0 unspecified atom stereocenters. The predicted octanol–water partition coefficient (Wildman–Crippen LogP) is 1.36. The minimum absolute atomic E-state index is 0.0527. The zero-order valence-electron chi connectivity index (χ0n) is 8.11. The number of hydrogen-bond donors (Lipinski definition) is 2. The average molecular weight is 209 g/mol. The second-order valence-electron chi connectivity index (χ2n) is 3.72. The normalized spacial score (nSPS) is 25.4. The van der Waals surface area contributed by atoms with E-state index in [1.165, 1.54) is 12.1 Å². The summed E-state index contributed by atoms with van der Waals surface area (Å²) in [6, 6.07) is 5.50. The molecule has 1 saturated heterocycles. The van der Waals surface area contributed by atoms with Crippen LogP contribution in [-0.4, -0.2) is 23.7 Å². The van der Waals surface area contributed by atoms with E-state index in [1.807, 2.05) is 0 Å². The third-order valence-corrected chi connectivity index (χ3v) is 2.79. The van der Waals surface area contributed by atoms with Crippen molar-refractivity contribution in [2.24, 2.45) is 0 Å². The lowest BCUT2D eigenvalue weighted by molar-refractivity contribution is -0.139. The van der Waals surface area contributed by atoms with Gasteiger partial charge in [0, 0.05) is 5.92 Å². The van der Waals surface area contributed by atoms with Crippen LogP contribution in [0.15, 0.2) is 24.3 Å². The summed E-state index contributed by atoms with van der Waals surface area (Å²) in [7, 11) is 0. The van der Waals surface area contributed by atoms with Crippen molar-refractivity contribution in [2.75, 3.05) is 6.54 Å². The molecule has 0 radical (unpaired) electrons. The topological polar surface area (TPSA) is 49.3 Å². The van der Waals surface area contributed by atoms with Crippen LogP contribution in [0.5, 0.6) is 0 Å². The first-order chi connectivity index (χ1) is 7.18. The molecule has 3 nitrogen and oxygen atoms in total. The molecule has 15 heavy (non-hydrogen) atoms. The van der Waals surface area contributed by atoms with E-state index in [0.29, 0.717) is 6.54 Å². The minimum Gasteiger partial charge on any atom is -0.480 e.